The topological polar surface area (TPSA) is 47.0 Å². The van der Waals surface area contributed by atoms with Crippen molar-refractivity contribution in [3.63, 3.8) is 0 Å². The first-order valence-corrected chi connectivity index (χ1v) is 8.49. The van der Waals surface area contributed by atoms with Gasteiger partial charge >= 0.3 is 0 Å². The summed E-state index contributed by atoms with van der Waals surface area (Å²) < 4.78 is 5.73. The number of rotatable bonds is 5. The van der Waals surface area contributed by atoms with E-state index in [-0.39, 0.29) is 0 Å². The maximum absolute atomic E-state index is 5.73. The van der Waals surface area contributed by atoms with Gasteiger partial charge in [0.2, 0.25) is 0 Å². The third-order valence-corrected chi connectivity index (χ3v) is 5.19. The van der Waals surface area contributed by atoms with Crippen LogP contribution in [-0.2, 0) is 6.42 Å². The van der Waals surface area contributed by atoms with Gasteiger partial charge in [0.1, 0.15) is 15.8 Å². The maximum Gasteiger partial charge on any atom is 0.125 e. The van der Waals surface area contributed by atoms with Crippen LogP contribution in [0.15, 0.2) is 24.3 Å². The van der Waals surface area contributed by atoms with Crippen LogP contribution < -0.4 is 10.1 Å². The van der Waals surface area contributed by atoms with Gasteiger partial charge in [0.05, 0.1) is 6.61 Å². The van der Waals surface area contributed by atoms with Gasteiger partial charge in [0.25, 0.3) is 0 Å². The molecule has 21 heavy (non-hydrogen) atoms. The fourth-order valence-corrected chi connectivity index (χ4v) is 3.77. The summed E-state index contributed by atoms with van der Waals surface area (Å²) in [6.07, 6.45) is 4.64. The van der Waals surface area contributed by atoms with E-state index in [0.717, 1.165) is 47.8 Å². The molecule has 1 fully saturated rings. The zero-order valence-corrected chi connectivity index (χ0v) is 12.7. The van der Waals surface area contributed by atoms with E-state index in [1.165, 1.54) is 18.4 Å². The predicted molar refractivity (Wildman–Crippen MR) is 83.0 cm³/mol. The molecule has 0 spiro atoms. The van der Waals surface area contributed by atoms with Crippen LogP contribution in [0.1, 0.15) is 40.8 Å². The Morgan fingerprint density at radius 1 is 1.19 bits per heavy atom. The minimum Gasteiger partial charge on any atom is -0.493 e. The molecule has 1 aromatic heterocycles. The standard InChI is InChI=1S/C16H19N3OS/c1-2-4-14-12(3-1)13(8-10-20-14)16-19-18-15(21-16)7-9-17-11-5-6-11/h1-4,11,13,17H,5-10H2. The molecule has 0 saturated heterocycles. The highest BCUT2D eigenvalue weighted by molar-refractivity contribution is 7.11. The molecule has 2 aliphatic rings. The Kier molecular flexibility index (Phi) is 3.61. The predicted octanol–water partition coefficient (Wildman–Crippen LogP) is 2.75. The number of para-hydroxylation sites is 1. The van der Waals surface area contributed by atoms with E-state index in [2.05, 4.69) is 27.6 Å². The lowest BCUT2D eigenvalue weighted by molar-refractivity contribution is 0.276. The zero-order chi connectivity index (χ0) is 14.1. The Morgan fingerprint density at radius 3 is 3.00 bits per heavy atom. The molecule has 2 heterocycles. The van der Waals surface area contributed by atoms with E-state index in [0.29, 0.717) is 5.92 Å². The van der Waals surface area contributed by atoms with Crippen LogP contribution in [-0.4, -0.2) is 29.4 Å². The van der Waals surface area contributed by atoms with Crippen molar-refractivity contribution in [3.8, 4) is 5.75 Å². The van der Waals surface area contributed by atoms with Crippen molar-refractivity contribution >= 4 is 11.3 Å². The summed E-state index contributed by atoms with van der Waals surface area (Å²) in [6.45, 7) is 1.78. The minimum absolute atomic E-state index is 0.345. The van der Waals surface area contributed by atoms with Gasteiger partial charge in [-0.15, -0.1) is 21.5 Å². The van der Waals surface area contributed by atoms with E-state index >= 15 is 0 Å². The first kappa shape index (κ1) is 13.2. The van der Waals surface area contributed by atoms with Crippen LogP contribution in [0.4, 0.5) is 0 Å². The third-order valence-electron chi connectivity index (χ3n) is 4.09. The van der Waals surface area contributed by atoms with E-state index < -0.39 is 0 Å². The van der Waals surface area contributed by atoms with E-state index in [4.69, 9.17) is 4.74 Å². The number of hydrogen-bond acceptors (Lipinski definition) is 5. The Labute approximate surface area is 128 Å². The van der Waals surface area contributed by atoms with Gasteiger partial charge < -0.3 is 10.1 Å². The summed E-state index contributed by atoms with van der Waals surface area (Å²) in [5, 5.41) is 14.6. The van der Waals surface area contributed by atoms with E-state index in [1.54, 1.807) is 11.3 Å². The molecule has 1 N–H and O–H groups in total. The molecule has 0 amide bonds. The molecule has 5 heteroatoms. The lowest BCUT2D eigenvalue weighted by Crippen LogP contribution is -2.19. The van der Waals surface area contributed by atoms with Crippen LogP contribution in [0.2, 0.25) is 0 Å². The second-order valence-electron chi connectivity index (χ2n) is 5.74. The van der Waals surface area contributed by atoms with Gasteiger partial charge in [0.15, 0.2) is 0 Å². The SMILES string of the molecule is c1ccc2c(c1)OCCC2c1nnc(CCNC2CC2)s1. The molecule has 4 rings (SSSR count). The highest BCUT2D eigenvalue weighted by Gasteiger charge is 2.26. The van der Waals surface area contributed by atoms with Gasteiger partial charge in [-0.05, 0) is 25.3 Å². The fraction of sp³-hybridized carbons (Fsp3) is 0.500. The molecule has 2 aromatic rings. The highest BCUT2D eigenvalue weighted by atomic mass is 32.1. The van der Waals surface area contributed by atoms with Crippen LogP contribution in [0.25, 0.3) is 0 Å². The number of nitrogens with zero attached hydrogens (tertiary/aromatic N) is 2. The van der Waals surface area contributed by atoms with E-state index in [1.807, 2.05) is 12.1 Å². The molecule has 1 aliphatic heterocycles. The summed E-state index contributed by atoms with van der Waals surface area (Å²) >= 11 is 1.76. The summed E-state index contributed by atoms with van der Waals surface area (Å²) in [7, 11) is 0. The monoisotopic (exact) mass is 301 g/mol. The summed E-state index contributed by atoms with van der Waals surface area (Å²) in [6, 6.07) is 9.05. The number of hydrogen-bond donors (Lipinski definition) is 1. The highest BCUT2D eigenvalue weighted by Crippen LogP contribution is 2.38. The average Bonchev–Trinajstić information content (AvgIpc) is 3.23. The molecule has 4 nitrogen and oxygen atoms in total. The van der Waals surface area contributed by atoms with Crippen LogP contribution in [0.5, 0.6) is 5.75 Å². The molecule has 1 saturated carbocycles. The van der Waals surface area contributed by atoms with Crippen molar-refractivity contribution in [1.82, 2.24) is 15.5 Å². The van der Waals surface area contributed by atoms with Crippen molar-refractivity contribution in [2.45, 2.75) is 37.6 Å². The van der Waals surface area contributed by atoms with Crippen LogP contribution in [0.3, 0.4) is 0 Å². The average molecular weight is 301 g/mol. The molecule has 0 radical (unpaired) electrons. The van der Waals surface area contributed by atoms with Crippen molar-refractivity contribution in [2.24, 2.45) is 0 Å². The van der Waals surface area contributed by atoms with Gasteiger partial charge in [-0.1, -0.05) is 18.2 Å². The summed E-state index contributed by atoms with van der Waals surface area (Å²) in [5.74, 6) is 1.35. The van der Waals surface area contributed by atoms with Gasteiger partial charge in [0, 0.05) is 30.5 Å². The van der Waals surface area contributed by atoms with Crippen molar-refractivity contribution in [1.29, 1.82) is 0 Å². The molecule has 1 aromatic carbocycles. The molecule has 1 aliphatic carbocycles. The molecule has 1 unspecified atom stereocenters. The Bertz CT molecular complexity index is 623. The summed E-state index contributed by atoms with van der Waals surface area (Å²) in [5.41, 5.74) is 1.25. The largest absolute Gasteiger partial charge is 0.493 e. The number of fused-ring (bicyclic) bond motifs is 1. The Morgan fingerprint density at radius 2 is 2.10 bits per heavy atom. The molecular weight excluding hydrogens is 282 g/mol. The van der Waals surface area contributed by atoms with Crippen molar-refractivity contribution in [2.75, 3.05) is 13.2 Å². The lowest BCUT2D eigenvalue weighted by Gasteiger charge is -2.23. The second-order valence-corrected chi connectivity index (χ2v) is 6.83. The van der Waals surface area contributed by atoms with Gasteiger partial charge in [-0.2, -0.15) is 0 Å². The molecule has 0 bridgehead atoms. The number of ether oxygens (including phenoxy) is 1. The van der Waals surface area contributed by atoms with Crippen molar-refractivity contribution < 1.29 is 4.74 Å². The molecule has 1 atom stereocenters. The summed E-state index contributed by atoms with van der Waals surface area (Å²) in [4.78, 5) is 0. The smallest absolute Gasteiger partial charge is 0.125 e. The Hall–Kier alpha value is -1.46. The first-order chi connectivity index (χ1) is 10.4. The fourth-order valence-electron chi connectivity index (χ4n) is 2.78. The maximum atomic E-state index is 5.73. The number of nitrogens with one attached hydrogen (secondary N) is 1. The minimum atomic E-state index is 0.345. The Balaban J connectivity index is 1.47. The number of aromatic nitrogens is 2. The normalized spacial score (nSPS) is 20.9. The van der Waals surface area contributed by atoms with E-state index in [9.17, 15) is 0 Å². The lowest BCUT2D eigenvalue weighted by atomic mass is 9.94. The molecular formula is C16H19N3OS. The second kappa shape index (κ2) is 5.73. The van der Waals surface area contributed by atoms with Crippen LogP contribution in [0, 0.1) is 0 Å². The van der Waals surface area contributed by atoms with Gasteiger partial charge in [-0.25, -0.2) is 0 Å². The quantitative estimate of drug-likeness (QED) is 0.922. The third kappa shape index (κ3) is 2.94. The first-order valence-electron chi connectivity index (χ1n) is 7.67. The molecule has 110 valence electrons. The van der Waals surface area contributed by atoms with Crippen LogP contribution >= 0.6 is 11.3 Å². The number of benzene rings is 1. The van der Waals surface area contributed by atoms with Gasteiger partial charge in [-0.3, -0.25) is 0 Å². The zero-order valence-electron chi connectivity index (χ0n) is 11.9. The van der Waals surface area contributed by atoms with Crippen molar-refractivity contribution in [3.05, 3.63) is 39.8 Å².